The summed E-state index contributed by atoms with van der Waals surface area (Å²) in [6, 6.07) is 19.4. The van der Waals surface area contributed by atoms with Gasteiger partial charge in [0.2, 0.25) is 0 Å². The van der Waals surface area contributed by atoms with Gasteiger partial charge in [0, 0.05) is 30.5 Å². The third-order valence-corrected chi connectivity index (χ3v) is 5.21. The van der Waals surface area contributed by atoms with Gasteiger partial charge in [-0.25, -0.2) is 9.29 Å². The number of carbonyl (C=O) groups excluding carboxylic acids is 2. The molecule has 0 saturated heterocycles. The van der Waals surface area contributed by atoms with E-state index in [-0.39, 0.29) is 11.3 Å². The molecule has 0 spiro atoms. The second kappa shape index (κ2) is 8.24. The van der Waals surface area contributed by atoms with Gasteiger partial charge in [-0.2, -0.15) is 0 Å². The van der Waals surface area contributed by atoms with E-state index in [1.54, 1.807) is 24.3 Å². The average Bonchev–Trinajstić information content (AvgIpc) is 2.99. The summed E-state index contributed by atoms with van der Waals surface area (Å²) in [6.07, 6.45) is 0. The number of carbonyl (C=O) groups is 2. The molecule has 0 unspecified atom stereocenters. The van der Waals surface area contributed by atoms with Crippen LogP contribution in [0.15, 0.2) is 78.5 Å². The molecule has 0 fully saturated rings. The van der Waals surface area contributed by atoms with Crippen LogP contribution in [0.3, 0.4) is 0 Å². The van der Waals surface area contributed by atoms with Gasteiger partial charge in [0.15, 0.2) is 0 Å². The van der Waals surface area contributed by atoms with Gasteiger partial charge in [0.1, 0.15) is 11.5 Å². The normalized spacial score (nSPS) is 13.7. The molecule has 0 bridgehead atoms. The highest BCUT2D eigenvalue weighted by Crippen LogP contribution is 2.34. The summed E-state index contributed by atoms with van der Waals surface area (Å²) in [5.74, 6) is -1.46. The van der Waals surface area contributed by atoms with E-state index >= 15 is 0 Å². The van der Waals surface area contributed by atoms with Crippen molar-refractivity contribution in [1.29, 1.82) is 0 Å². The number of halogens is 2. The van der Waals surface area contributed by atoms with Crippen molar-refractivity contribution in [2.24, 2.45) is 0 Å². The third-order valence-electron chi connectivity index (χ3n) is 4.95. The molecule has 4 rings (SSSR count). The van der Waals surface area contributed by atoms with E-state index in [2.05, 4.69) is 5.32 Å². The Kier molecular flexibility index (Phi) is 5.48. The molecule has 156 valence electrons. The summed E-state index contributed by atoms with van der Waals surface area (Å²) in [7, 11) is 3.87. The highest BCUT2D eigenvalue weighted by Gasteiger charge is 2.40. The Morgan fingerprint density at radius 2 is 1.45 bits per heavy atom. The molecule has 5 nitrogen and oxygen atoms in total. The van der Waals surface area contributed by atoms with Gasteiger partial charge in [-0.1, -0.05) is 23.7 Å². The van der Waals surface area contributed by atoms with Crippen molar-refractivity contribution in [2.75, 3.05) is 29.2 Å². The molecular formula is C24H19ClFN3O2. The molecule has 3 aromatic rings. The van der Waals surface area contributed by atoms with Crippen molar-refractivity contribution in [3.05, 3.63) is 94.9 Å². The predicted molar refractivity (Wildman–Crippen MR) is 122 cm³/mol. The number of hydrogen-bond acceptors (Lipinski definition) is 4. The Morgan fingerprint density at radius 1 is 0.839 bits per heavy atom. The number of benzene rings is 3. The lowest BCUT2D eigenvalue weighted by Gasteiger charge is -2.16. The van der Waals surface area contributed by atoms with Crippen molar-refractivity contribution >= 4 is 46.1 Å². The van der Waals surface area contributed by atoms with Crippen LogP contribution in [0.25, 0.3) is 5.57 Å². The first-order valence-electron chi connectivity index (χ1n) is 9.54. The molecule has 1 heterocycles. The van der Waals surface area contributed by atoms with Gasteiger partial charge in [-0.3, -0.25) is 9.59 Å². The summed E-state index contributed by atoms with van der Waals surface area (Å²) < 4.78 is 13.4. The minimum absolute atomic E-state index is 0.147. The van der Waals surface area contributed by atoms with E-state index in [1.807, 2.05) is 43.3 Å². The van der Waals surface area contributed by atoms with Crippen LogP contribution in [0.2, 0.25) is 5.02 Å². The number of nitrogens with one attached hydrogen (secondary N) is 1. The molecule has 31 heavy (non-hydrogen) atoms. The van der Waals surface area contributed by atoms with E-state index in [9.17, 15) is 14.0 Å². The van der Waals surface area contributed by atoms with Crippen LogP contribution in [0.1, 0.15) is 5.56 Å². The van der Waals surface area contributed by atoms with Gasteiger partial charge in [-0.05, 0) is 66.2 Å². The molecule has 0 aromatic heterocycles. The molecule has 1 aliphatic rings. The van der Waals surface area contributed by atoms with Gasteiger partial charge in [0.25, 0.3) is 11.8 Å². The van der Waals surface area contributed by atoms with Crippen molar-refractivity contribution in [2.45, 2.75) is 0 Å². The maximum absolute atomic E-state index is 13.4. The van der Waals surface area contributed by atoms with Crippen molar-refractivity contribution in [3.8, 4) is 0 Å². The average molecular weight is 436 g/mol. The van der Waals surface area contributed by atoms with Crippen LogP contribution < -0.4 is 15.1 Å². The lowest BCUT2D eigenvalue weighted by molar-refractivity contribution is -0.120. The summed E-state index contributed by atoms with van der Waals surface area (Å²) in [5, 5.41) is 3.62. The van der Waals surface area contributed by atoms with Crippen molar-refractivity contribution in [3.63, 3.8) is 0 Å². The summed E-state index contributed by atoms with van der Waals surface area (Å²) >= 11 is 6.00. The Balaban J connectivity index is 1.77. The molecule has 1 aliphatic heterocycles. The monoisotopic (exact) mass is 435 g/mol. The quantitative estimate of drug-likeness (QED) is 0.577. The highest BCUT2D eigenvalue weighted by molar-refractivity contribution is 6.46. The topological polar surface area (TPSA) is 52.7 Å². The van der Waals surface area contributed by atoms with E-state index in [4.69, 9.17) is 11.6 Å². The number of imide groups is 1. The first-order chi connectivity index (χ1) is 14.8. The van der Waals surface area contributed by atoms with Crippen LogP contribution in [-0.2, 0) is 9.59 Å². The zero-order valence-corrected chi connectivity index (χ0v) is 17.7. The summed E-state index contributed by atoms with van der Waals surface area (Å²) in [6.45, 7) is 0. The van der Waals surface area contributed by atoms with Crippen LogP contribution in [0.4, 0.5) is 21.5 Å². The number of amides is 2. The molecule has 2 amide bonds. The Hall–Kier alpha value is -3.64. The smallest absolute Gasteiger partial charge is 0.282 e. The molecular weight excluding hydrogens is 417 g/mol. The molecule has 3 aromatic carbocycles. The molecule has 0 aliphatic carbocycles. The van der Waals surface area contributed by atoms with E-state index in [1.165, 1.54) is 24.3 Å². The standard InChI is InChI=1S/C24H19ClFN3O2/c1-28(2)19-13-9-18(10-14-19)27-22-21(15-3-5-16(25)6-4-15)23(30)29(24(22)31)20-11-7-17(26)8-12-20/h3-14,27H,1-2H3. The van der Waals surface area contributed by atoms with Crippen LogP contribution in [0.5, 0.6) is 0 Å². The predicted octanol–water partition coefficient (Wildman–Crippen LogP) is 4.94. The van der Waals surface area contributed by atoms with Gasteiger partial charge in [0.05, 0.1) is 11.3 Å². The Labute approximate surface area is 184 Å². The van der Waals surface area contributed by atoms with Crippen LogP contribution in [0, 0.1) is 5.82 Å². The lowest BCUT2D eigenvalue weighted by Crippen LogP contribution is -2.32. The maximum atomic E-state index is 13.4. The SMILES string of the molecule is CN(C)c1ccc(NC2=C(c3ccc(Cl)cc3)C(=O)N(c3ccc(F)cc3)C2=O)cc1. The number of hydrogen-bond donors (Lipinski definition) is 1. The fourth-order valence-electron chi connectivity index (χ4n) is 3.34. The largest absolute Gasteiger partial charge is 0.378 e. The van der Waals surface area contributed by atoms with E-state index in [0.29, 0.717) is 22.0 Å². The van der Waals surface area contributed by atoms with Crippen LogP contribution >= 0.6 is 11.6 Å². The van der Waals surface area contributed by atoms with Crippen molar-refractivity contribution in [1.82, 2.24) is 0 Å². The summed E-state index contributed by atoms with van der Waals surface area (Å²) in [5.41, 5.74) is 2.88. The van der Waals surface area contributed by atoms with Gasteiger partial charge >= 0.3 is 0 Å². The fraction of sp³-hybridized carbons (Fsp3) is 0.0833. The van der Waals surface area contributed by atoms with Crippen molar-refractivity contribution < 1.29 is 14.0 Å². The lowest BCUT2D eigenvalue weighted by atomic mass is 10.0. The van der Waals surface area contributed by atoms with Gasteiger partial charge in [-0.15, -0.1) is 0 Å². The Morgan fingerprint density at radius 3 is 2.03 bits per heavy atom. The first-order valence-corrected chi connectivity index (χ1v) is 9.92. The molecule has 0 radical (unpaired) electrons. The second-order valence-corrected chi connectivity index (χ2v) is 7.68. The first kappa shape index (κ1) is 20.6. The van der Waals surface area contributed by atoms with Gasteiger partial charge < -0.3 is 10.2 Å². The number of anilines is 3. The zero-order valence-electron chi connectivity index (χ0n) is 16.9. The highest BCUT2D eigenvalue weighted by atomic mass is 35.5. The number of nitrogens with zero attached hydrogens (tertiary/aromatic N) is 2. The molecule has 0 saturated carbocycles. The van der Waals surface area contributed by atoms with E-state index in [0.717, 1.165) is 10.6 Å². The third kappa shape index (κ3) is 4.02. The fourth-order valence-corrected chi connectivity index (χ4v) is 3.47. The molecule has 0 atom stereocenters. The zero-order chi connectivity index (χ0) is 22.1. The number of rotatable bonds is 5. The molecule has 1 N–H and O–H groups in total. The Bertz CT molecular complexity index is 1170. The maximum Gasteiger partial charge on any atom is 0.282 e. The second-order valence-electron chi connectivity index (χ2n) is 7.25. The minimum Gasteiger partial charge on any atom is -0.378 e. The van der Waals surface area contributed by atoms with E-state index < -0.39 is 17.6 Å². The summed E-state index contributed by atoms with van der Waals surface area (Å²) in [4.78, 5) is 29.6. The van der Waals surface area contributed by atoms with Crippen LogP contribution in [-0.4, -0.2) is 25.9 Å². The minimum atomic E-state index is -0.516. The molecule has 7 heteroatoms.